The van der Waals surface area contributed by atoms with Crippen LogP contribution in [0.2, 0.25) is 0 Å². The average Bonchev–Trinajstić information content (AvgIpc) is 3.22. The molecule has 0 aliphatic rings. The van der Waals surface area contributed by atoms with Crippen LogP contribution in [0.3, 0.4) is 0 Å². The lowest BCUT2D eigenvalue weighted by atomic mass is 9.84. The number of hydrogen-bond donors (Lipinski definition) is 2. The molecule has 6 nitrogen and oxygen atoms in total. The first-order valence-corrected chi connectivity index (χ1v) is 11.9. The van der Waals surface area contributed by atoms with Gasteiger partial charge in [0.05, 0.1) is 11.7 Å². The van der Waals surface area contributed by atoms with E-state index in [-0.39, 0.29) is 31.4 Å². The summed E-state index contributed by atoms with van der Waals surface area (Å²) in [7, 11) is 1.53. The number of imidazole rings is 1. The normalized spacial score (nSPS) is 13.3. The molecular weight excluding hydrogens is 467 g/mol. The number of aromatic nitrogens is 2. The van der Waals surface area contributed by atoms with E-state index in [1.807, 2.05) is 25.3 Å². The van der Waals surface area contributed by atoms with Crippen LogP contribution in [0.25, 0.3) is 11.3 Å². The van der Waals surface area contributed by atoms with Crippen molar-refractivity contribution in [2.24, 2.45) is 11.1 Å². The van der Waals surface area contributed by atoms with Crippen molar-refractivity contribution < 1.29 is 18.0 Å². The van der Waals surface area contributed by atoms with Crippen LogP contribution in [-0.2, 0) is 6.54 Å². The van der Waals surface area contributed by atoms with E-state index in [9.17, 15) is 18.0 Å². The Morgan fingerprint density at radius 2 is 1.81 bits per heavy atom. The number of carbonyl (C=O) groups excluding carboxylic acids is 1. The predicted molar refractivity (Wildman–Crippen MR) is 135 cm³/mol. The predicted octanol–water partition coefficient (Wildman–Crippen LogP) is 5.29. The molecule has 0 bridgehead atoms. The molecule has 1 unspecified atom stereocenters. The molecule has 0 saturated carbocycles. The topological polar surface area (TPSA) is 76.2 Å². The minimum absolute atomic E-state index is 0.203. The van der Waals surface area contributed by atoms with Crippen molar-refractivity contribution in [3.8, 4) is 11.3 Å². The fourth-order valence-electron chi connectivity index (χ4n) is 4.26. The summed E-state index contributed by atoms with van der Waals surface area (Å²) in [6.07, 6.45) is 2.04. The third kappa shape index (κ3) is 6.66. The van der Waals surface area contributed by atoms with Crippen molar-refractivity contribution in [2.45, 2.75) is 45.8 Å². The number of rotatable bonds is 9. The highest BCUT2D eigenvalue weighted by Crippen LogP contribution is 2.39. The van der Waals surface area contributed by atoms with Gasteiger partial charge < -0.3 is 20.5 Å². The van der Waals surface area contributed by atoms with Crippen molar-refractivity contribution in [3.63, 3.8) is 0 Å². The van der Waals surface area contributed by atoms with Gasteiger partial charge in [0.2, 0.25) is 0 Å². The Bertz CT molecular complexity index is 1170. The van der Waals surface area contributed by atoms with E-state index in [2.05, 4.69) is 5.32 Å². The van der Waals surface area contributed by atoms with Crippen LogP contribution in [0.15, 0.2) is 54.7 Å². The van der Waals surface area contributed by atoms with E-state index in [0.29, 0.717) is 22.6 Å². The largest absolute Gasteiger partial charge is 0.341 e. The van der Waals surface area contributed by atoms with Crippen LogP contribution in [-0.4, -0.2) is 46.8 Å². The number of nitrogens with zero attached hydrogens (tertiary/aromatic N) is 3. The third-order valence-corrected chi connectivity index (χ3v) is 5.96. The van der Waals surface area contributed by atoms with Crippen molar-refractivity contribution >= 4 is 6.03 Å². The number of alkyl halides is 1. The second-order valence-electron chi connectivity index (χ2n) is 9.97. The van der Waals surface area contributed by atoms with Gasteiger partial charge in [-0.15, -0.1) is 0 Å². The van der Waals surface area contributed by atoms with E-state index in [1.165, 1.54) is 31.3 Å². The summed E-state index contributed by atoms with van der Waals surface area (Å²) >= 11 is 0. The van der Waals surface area contributed by atoms with Gasteiger partial charge in [-0.05, 0) is 41.7 Å². The molecule has 3 aromatic rings. The summed E-state index contributed by atoms with van der Waals surface area (Å²) in [5.74, 6) is -0.212. The van der Waals surface area contributed by atoms with Crippen LogP contribution in [0.4, 0.5) is 18.0 Å². The number of nitrogens with one attached hydrogen (secondary N) is 1. The lowest BCUT2D eigenvalue weighted by molar-refractivity contribution is 0.106. The van der Waals surface area contributed by atoms with Crippen LogP contribution < -0.4 is 11.1 Å². The Balaban J connectivity index is 2.16. The molecule has 194 valence electrons. The summed E-state index contributed by atoms with van der Waals surface area (Å²) in [6, 6.07) is 10.7. The third-order valence-electron chi connectivity index (χ3n) is 5.96. The van der Waals surface area contributed by atoms with E-state index >= 15 is 0 Å². The Labute approximate surface area is 210 Å². The average molecular weight is 502 g/mol. The molecule has 9 heteroatoms. The second-order valence-corrected chi connectivity index (χ2v) is 9.97. The first kappa shape index (κ1) is 27.3. The van der Waals surface area contributed by atoms with E-state index in [0.717, 1.165) is 0 Å². The van der Waals surface area contributed by atoms with Crippen molar-refractivity contribution in [2.75, 3.05) is 20.3 Å². The molecule has 3 N–H and O–H groups in total. The lowest BCUT2D eigenvalue weighted by Gasteiger charge is -2.40. The summed E-state index contributed by atoms with van der Waals surface area (Å²) in [4.78, 5) is 19.5. The molecule has 0 aliphatic heterocycles. The number of carbonyl (C=O) groups is 1. The molecule has 1 heterocycles. The maximum absolute atomic E-state index is 14.0. The van der Waals surface area contributed by atoms with Gasteiger partial charge in [0, 0.05) is 37.9 Å². The Morgan fingerprint density at radius 1 is 1.14 bits per heavy atom. The van der Waals surface area contributed by atoms with Crippen LogP contribution in [0.1, 0.15) is 44.6 Å². The molecule has 3 rings (SSSR count). The second kappa shape index (κ2) is 11.6. The number of benzene rings is 2. The SMILES string of the molecule is CNC(=O)N(CCC(N)CF)[C@@H](c1nc(-c2cccc(F)c2)cn1Cc1cccc(F)c1)C(C)(C)C. The maximum atomic E-state index is 14.0. The minimum Gasteiger partial charge on any atom is -0.341 e. The number of urea groups is 1. The summed E-state index contributed by atoms with van der Waals surface area (Å²) < 4.78 is 42.9. The summed E-state index contributed by atoms with van der Waals surface area (Å²) in [6.45, 7) is 5.73. The van der Waals surface area contributed by atoms with E-state index < -0.39 is 30.0 Å². The summed E-state index contributed by atoms with van der Waals surface area (Å²) in [5.41, 5.74) is 7.13. The zero-order chi connectivity index (χ0) is 26.5. The van der Waals surface area contributed by atoms with Gasteiger partial charge in [0.15, 0.2) is 0 Å². The van der Waals surface area contributed by atoms with Gasteiger partial charge in [-0.3, -0.25) is 0 Å². The van der Waals surface area contributed by atoms with Crippen LogP contribution in [0, 0.1) is 17.0 Å². The van der Waals surface area contributed by atoms with Gasteiger partial charge in [-0.1, -0.05) is 45.0 Å². The standard InChI is InChI=1S/C27H34F3N5O/c1-27(2,3)24(35(26(36)32-4)12-11-22(31)15-28)25-33-23(19-8-6-10-21(30)14-19)17-34(25)16-18-7-5-9-20(29)13-18/h5-10,13-14,17,22,24H,11-12,15-16,31H2,1-4H3,(H,32,36)/t22?,24-/m0/s1. The maximum Gasteiger partial charge on any atom is 0.317 e. The smallest absolute Gasteiger partial charge is 0.317 e. The highest BCUT2D eigenvalue weighted by Gasteiger charge is 2.38. The highest BCUT2D eigenvalue weighted by molar-refractivity contribution is 5.74. The quantitative estimate of drug-likeness (QED) is 0.418. The van der Waals surface area contributed by atoms with Gasteiger partial charge in [0.1, 0.15) is 24.1 Å². The molecular formula is C27H34F3N5O. The van der Waals surface area contributed by atoms with Crippen LogP contribution in [0.5, 0.6) is 0 Å². The fraction of sp³-hybridized carbons (Fsp3) is 0.407. The Hall–Kier alpha value is -3.33. The molecule has 2 amide bonds. The van der Waals surface area contributed by atoms with Crippen molar-refractivity contribution in [1.29, 1.82) is 0 Å². The molecule has 0 fully saturated rings. The first-order chi connectivity index (χ1) is 17.0. The molecule has 0 saturated heterocycles. The zero-order valence-electron chi connectivity index (χ0n) is 21.1. The minimum atomic E-state index is -0.701. The fourth-order valence-corrected chi connectivity index (χ4v) is 4.26. The molecule has 0 aliphatic carbocycles. The Morgan fingerprint density at radius 3 is 2.39 bits per heavy atom. The highest BCUT2D eigenvalue weighted by atomic mass is 19.1. The number of nitrogens with two attached hydrogens (primary N) is 1. The first-order valence-electron chi connectivity index (χ1n) is 11.9. The molecule has 0 spiro atoms. The van der Waals surface area contributed by atoms with E-state index in [1.54, 1.807) is 35.4 Å². The summed E-state index contributed by atoms with van der Waals surface area (Å²) in [5, 5.41) is 2.67. The van der Waals surface area contributed by atoms with Gasteiger partial charge in [-0.2, -0.15) is 0 Å². The molecule has 2 aromatic carbocycles. The number of amides is 2. The van der Waals surface area contributed by atoms with Gasteiger partial charge in [-0.25, -0.2) is 22.9 Å². The van der Waals surface area contributed by atoms with E-state index in [4.69, 9.17) is 10.7 Å². The number of halogens is 3. The molecule has 1 aromatic heterocycles. The monoisotopic (exact) mass is 501 g/mol. The molecule has 36 heavy (non-hydrogen) atoms. The zero-order valence-corrected chi connectivity index (χ0v) is 21.1. The number of hydrogen-bond acceptors (Lipinski definition) is 3. The van der Waals surface area contributed by atoms with Gasteiger partial charge in [0.25, 0.3) is 0 Å². The van der Waals surface area contributed by atoms with Gasteiger partial charge >= 0.3 is 6.03 Å². The Kier molecular flexibility index (Phi) is 8.79. The van der Waals surface area contributed by atoms with Crippen molar-refractivity contribution in [3.05, 3.63) is 77.8 Å². The molecule has 2 atom stereocenters. The lowest BCUT2D eigenvalue weighted by Crippen LogP contribution is -2.47. The van der Waals surface area contributed by atoms with Crippen LogP contribution >= 0.6 is 0 Å². The molecule has 0 radical (unpaired) electrons. The van der Waals surface area contributed by atoms with Crippen molar-refractivity contribution in [1.82, 2.24) is 19.8 Å².